The zero-order valence-electron chi connectivity index (χ0n) is 8.87. The van der Waals surface area contributed by atoms with Crippen LogP contribution in [0, 0.1) is 17.2 Å². The summed E-state index contributed by atoms with van der Waals surface area (Å²) in [6, 6.07) is 3.40. The Hall–Kier alpha value is -0.590. The van der Waals surface area contributed by atoms with Crippen LogP contribution in [0.2, 0.25) is 0 Å². The van der Waals surface area contributed by atoms with E-state index in [4.69, 9.17) is 5.26 Å². The van der Waals surface area contributed by atoms with Crippen LogP contribution in [0.25, 0.3) is 0 Å². The highest BCUT2D eigenvalue weighted by Gasteiger charge is 2.35. The molecule has 2 heterocycles. The van der Waals surface area contributed by atoms with Gasteiger partial charge < -0.3 is 5.32 Å². The van der Waals surface area contributed by atoms with E-state index in [1.807, 2.05) is 0 Å². The van der Waals surface area contributed by atoms with Gasteiger partial charge in [0.2, 0.25) is 0 Å². The van der Waals surface area contributed by atoms with Gasteiger partial charge in [-0.2, -0.15) is 5.26 Å². The predicted molar refractivity (Wildman–Crippen MR) is 55.8 cm³/mol. The number of nitriles is 1. The van der Waals surface area contributed by atoms with Crippen LogP contribution >= 0.6 is 0 Å². The van der Waals surface area contributed by atoms with Gasteiger partial charge in [-0.3, -0.25) is 4.90 Å². The highest BCUT2D eigenvalue weighted by Crippen LogP contribution is 2.26. The second-order valence-electron chi connectivity index (χ2n) is 4.63. The van der Waals surface area contributed by atoms with E-state index < -0.39 is 0 Å². The SMILES string of the molecule is CC(CC#N)N1CC2CCCNC2C1. The molecule has 0 aromatic heterocycles. The van der Waals surface area contributed by atoms with Gasteiger partial charge in [0, 0.05) is 25.2 Å². The first-order valence-corrected chi connectivity index (χ1v) is 5.65. The Morgan fingerprint density at radius 2 is 2.43 bits per heavy atom. The topological polar surface area (TPSA) is 39.1 Å². The molecule has 1 N–H and O–H groups in total. The lowest BCUT2D eigenvalue weighted by atomic mass is 9.94. The molecule has 0 spiro atoms. The van der Waals surface area contributed by atoms with Gasteiger partial charge >= 0.3 is 0 Å². The predicted octanol–water partition coefficient (Wildman–Crippen LogP) is 0.972. The molecule has 0 saturated carbocycles. The van der Waals surface area contributed by atoms with Crippen molar-refractivity contribution in [3.8, 4) is 6.07 Å². The summed E-state index contributed by atoms with van der Waals surface area (Å²) in [4.78, 5) is 2.47. The molecule has 2 fully saturated rings. The summed E-state index contributed by atoms with van der Waals surface area (Å²) >= 11 is 0. The van der Waals surface area contributed by atoms with Crippen molar-refractivity contribution in [3.63, 3.8) is 0 Å². The van der Waals surface area contributed by atoms with Crippen LogP contribution in [-0.2, 0) is 0 Å². The molecule has 0 bridgehead atoms. The number of nitrogens with zero attached hydrogens (tertiary/aromatic N) is 2. The standard InChI is InChI=1S/C11H19N3/c1-9(4-5-12)14-7-10-3-2-6-13-11(10)8-14/h9-11,13H,2-4,6-8H2,1H3. The van der Waals surface area contributed by atoms with Crippen LogP contribution in [0.5, 0.6) is 0 Å². The number of likely N-dealkylation sites (tertiary alicyclic amines) is 1. The lowest BCUT2D eigenvalue weighted by Gasteiger charge is -2.24. The summed E-state index contributed by atoms with van der Waals surface area (Å²) in [7, 11) is 0. The summed E-state index contributed by atoms with van der Waals surface area (Å²) < 4.78 is 0. The second-order valence-corrected chi connectivity index (χ2v) is 4.63. The quantitative estimate of drug-likeness (QED) is 0.710. The molecule has 2 aliphatic heterocycles. The van der Waals surface area contributed by atoms with E-state index in [-0.39, 0.29) is 0 Å². The summed E-state index contributed by atoms with van der Waals surface area (Å²) in [6.45, 7) is 5.69. The van der Waals surface area contributed by atoms with Gasteiger partial charge in [0.15, 0.2) is 0 Å². The van der Waals surface area contributed by atoms with Gasteiger partial charge in [-0.15, -0.1) is 0 Å². The van der Waals surface area contributed by atoms with Crippen molar-refractivity contribution >= 4 is 0 Å². The number of hydrogen-bond donors (Lipinski definition) is 1. The summed E-state index contributed by atoms with van der Waals surface area (Å²) in [6.07, 6.45) is 3.36. The van der Waals surface area contributed by atoms with Crippen LogP contribution < -0.4 is 5.32 Å². The first-order chi connectivity index (χ1) is 6.81. The fourth-order valence-corrected chi connectivity index (χ4v) is 2.70. The lowest BCUT2D eigenvalue weighted by Crippen LogP contribution is -2.41. The third-order valence-electron chi connectivity index (χ3n) is 3.64. The van der Waals surface area contributed by atoms with Crippen molar-refractivity contribution < 1.29 is 0 Å². The molecule has 2 saturated heterocycles. The van der Waals surface area contributed by atoms with Crippen LogP contribution in [0.4, 0.5) is 0 Å². The molecule has 0 aromatic carbocycles. The van der Waals surface area contributed by atoms with E-state index >= 15 is 0 Å². The van der Waals surface area contributed by atoms with E-state index in [1.165, 1.54) is 25.9 Å². The molecule has 14 heavy (non-hydrogen) atoms. The molecule has 2 aliphatic rings. The fourth-order valence-electron chi connectivity index (χ4n) is 2.70. The van der Waals surface area contributed by atoms with Gasteiger partial charge in [0.1, 0.15) is 0 Å². The van der Waals surface area contributed by atoms with Crippen molar-refractivity contribution in [3.05, 3.63) is 0 Å². The number of piperidine rings is 1. The Kier molecular flexibility index (Phi) is 3.05. The van der Waals surface area contributed by atoms with Crippen molar-refractivity contribution in [2.24, 2.45) is 5.92 Å². The minimum Gasteiger partial charge on any atom is -0.312 e. The van der Waals surface area contributed by atoms with Crippen molar-refractivity contribution in [2.45, 2.75) is 38.3 Å². The molecular weight excluding hydrogens is 174 g/mol. The van der Waals surface area contributed by atoms with E-state index in [0.717, 1.165) is 12.5 Å². The fraction of sp³-hybridized carbons (Fsp3) is 0.909. The average molecular weight is 193 g/mol. The first-order valence-electron chi connectivity index (χ1n) is 5.65. The Morgan fingerprint density at radius 1 is 1.57 bits per heavy atom. The first kappa shape index (κ1) is 9.95. The third-order valence-corrected chi connectivity index (χ3v) is 3.64. The van der Waals surface area contributed by atoms with E-state index in [1.54, 1.807) is 0 Å². The summed E-state index contributed by atoms with van der Waals surface area (Å²) in [5, 5.41) is 12.2. The molecule has 2 rings (SSSR count). The van der Waals surface area contributed by atoms with E-state index in [9.17, 15) is 0 Å². The van der Waals surface area contributed by atoms with Crippen molar-refractivity contribution in [1.82, 2.24) is 10.2 Å². The zero-order chi connectivity index (χ0) is 9.97. The Balaban J connectivity index is 1.89. The van der Waals surface area contributed by atoms with Crippen molar-refractivity contribution in [2.75, 3.05) is 19.6 Å². The lowest BCUT2D eigenvalue weighted by molar-refractivity contribution is 0.250. The molecule has 0 amide bonds. The van der Waals surface area contributed by atoms with Crippen molar-refractivity contribution in [1.29, 1.82) is 5.26 Å². The Morgan fingerprint density at radius 3 is 3.14 bits per heavy atom. The van der Waals surface area contributed by atoms with Crippen LogP contribution in [-0.4, -0.2) is 36.6 Å². The van der Waals surface area contributed by atoms with Gasteiger partial charge in [-0.25, -0.2) is 0 Å². The Bertz CT molecular complexity index is 219. The van der Waals surface area contributed by atoms with Gasteiger partial charge in [-0.05, 0) is 32.2 Å². The summed E-state index contributed by atoms with van der Waals surface area (Å²) in [5.74, 6) is 0.838. The minimum absolute atomic E-state index is 0.437. The largest absolute Gasteiger partial charge is 0.312 e. The van der Waals surface area contributed by atoms with Gasteiger partial charge in [0.25, 0.3) is 0 Å². The van der Waals surface area contributed by atoms with Crippen LogP contribution in [0.15, 0.2) is 0 Å². The number of rotatable bonds is 2. The zero-order valence-corrected chi connectivity index (χ0v) is 8.87. The smallest absolute Gasteiger partial charge is 0.0638 e. The molecule has 0 aromatic rings. The molecular formula is C11H19N3. The molecule has 3 heteroatoms. The maximum Gasteiger partial charge on any atom is 0.0638 e. The number of hydrogen-bond acceptors (Lipinski definition) is 3. The average Bonchev–Trinajstić information content (AvgIpc) is 2.61. The number of fused-ring (bicyclic) bond motifs is 1. The van der Waals surface area contributed by atoms with Gasteiger partial charge in [0.05, 0.1) is 12.5 Å². The highest BCUT2D eigenvalue weighted by atomic mass is 15.2. The third kappa shape index (κ3) is 1.92. The highest BCUT2D eigenvalue weighted by molar-refractivity contribution is 4.94. The molecule has 0 radical (unpaired) electrons. The monoisotopic (exact) mass is 193 g/mol. The molecule has 3 nitrogen and oxygen atoms in total. The number of nitrogens with one attached hydrogen (secondary N) is 1. The minimum atomic E-state index is 0.437. The van der Waals surface area contributed by atoms with Crippen LogP contribution in [0.1, 0.15) is 26.2 Å². The van der Waals surface area contributed by atoms with E-state index in [2.05, 4.69) is 23.2 Å². The van der Waals surface area contributed by atoms with E-state index in [0.29, 0.717) is 18.5 Å². The normalized spacial score (nSPS) is 34.9. The second kappa shape index (κ2) is 4.29. The van der Waals surface area contributed by atoms with Gasteiger partial charge in [-0.1, -0.05) is 0 Å². The maximum absolute atomic E-state index is 8.66. The Labute approximate surface area is 86.1 Å². The molecule has 0 aliphatic carbocycles. The maximum atomic E-state index is 8.66. The molecule has 78 valence electrons. The summed E-state index contributed by atoms with van der Waals surface area (Å²) in [5.41, 5.74) is 0. The molecule has 3 atom stereocenters. The molecule has 3 unspecified atom stereocenters. The van der Waals surface area contributed by atoms with Crippen LogP contribution in [0.3, 0.4) is 0 Å².